The van der Waals surface area contributed by atoms with E-state index in [0.29, 0.717) is 51.1 Å². The fourth-order valence-electron chi connectivity index (χ4n) is 6.50. The van der Waals surface area contributed by atoms with Gasteiger partial charge in [-0.3, -0.25) is 0 Å². The molecular formula is C35H41Cl2N3O5S. The lowest BCUT2D eigenvalue weighted by Crippen LogP contribution is -2.52. The third kappa shape index (κ3) is 7.69. The number of carbonyl (C=O) groups is 2. The number of methoxy groups -OCH3 is 1. The Morgan fingerprint density at radius 1 is 1.07 bits per heavy atom. The minimum atomic E-state index is -0.555. The Morgan fingerprint density at radius 2 is 1.78 bits per heavy atom. The van der Waals surface area contributed by atoms with Gasteiger partial charge in [0.15, 0.2) is 11.4 Å². The van der Waals surface area contributed by atoms with Crippen molar-refractivity contribution in [2.45, 2.75) is 81.0 Å². The molecule has 1 aliphatic heterocycles. The van der Waals surface area contributed by atoms with Crippen LogP contribution in [0.1, 0.15) is 68.9 Å². The molecule has 46 heavy (non-hydrogen) atoms. The molecule has 8 nitrogen and oxygen atoms in total. The number of aromatic nitrogens is 1. The first-order chi connectivity index (χ1) is 21.9. The number of amides is 1. The van der Waals surface area contributed by atoms with Gasteiger partial charge in [0.2, 0.25) is 0 Å². The number of ether oxygens (including phenoxy) is 3. The maximum atomic E-state index is 13.2. The molecule has 5 rings (SSSR count). The number of hydrogen-bond acceptors (Lipinski definition) is 8. The van der Waals surface area contributed by atoms with Crippen molar-refractivity contribution in [1.29, 1.82) is 0 Å². The maximum absolute atomic E-state index is 13.2. The Hall–Kier alpha value is -3.14. The zero-order chi connectivity index (χ0) is 33.1. The summed E-state index contributed by atoms with van der Waals surface area (Å²) in [4.78, 5) is 35.7. The number of carbonyl (C=O) groups excluding carboxylic acids is 2. The van der Waals surface area contributed by atoms with E-state index >= 15 is 0 Å². The Labute approximate surface area is 285 Å². The van der Waals surface area contributed by atoms with E-state index in [9.17, 15) is 9.59 Å². The summed E-state index contributed by atoms with van der Waals surface area (Å²) in [7, 11) is 3.21. The van der Waals surface area contributed by atoms with E-state index in [2.05, 4.69) is 4.90 Å². The summed E-state index contributed by atoms with van der Waals surface area (Å²) >= 11 is 14.1. The first kappa shape index (κ1) is 34.2. The zero-order valence-corrected chi connectivity index (χ0v) is 29.3. The summed E-state index contributed by atoms with van der Waals surface area (Å²) < 4.78 is 17.3. The standard InChI is InChI=1S/C35H41Cl2N3O5S/c1-34(2,3)45-33(42)39(4)28-15-10-16-35(28)17-19-40(20-18-35)25-21-26(44-22-23-11-7-6-8-12-23)31(38-30(25)32(41)43-5)46-27-14-9-13-24(36)29(27)37/h6-9,11-14,21,28H,10,15-20,22H2,1-5H3/t28-/m1/s1. The van der Waals surface area contributed by atoms with Crippen LogP contribution in [0.15, 0.2) is 64.5 Å². The molecule has 3 aromatic rings. The summed E-state index contributed by atoms with van der Waals surface area (Å²) in [5.74, 6) is -0.0106. The molecule has 2 fully saturated rings. The highest BCUT2D eigenvalue weighted by molar-refractivity contribution is 7.99. The highest BCUT2D eigenvalue weighted by Gasteiger charge is 2.48. The Kier molecular flexibility index (Phi) is 10.6. The fourth-order valence-corrected chi connectivity index (χ4v) is 7.88. The average molecular weight is 687 g/mol. The van der Waals surface area contributed by atoms with Crippen molar-refractivity contribution in [3.05, 3.63) is 75.9 Å². The SMILES string of the molecule is COC(=O)c1nc(Sc2cccc(Cl)c2Cl)c(OCc2ccccc2)cc1N1CCC2(CCC[C@H]2N(C)C(=O)OC(C)(C)C)CC1. The lowest BCUT2D eigenvalue weighted by Gasteiger charge is -2.46. The van der Waals surface area contributed by atoms with E-state index in [1.807, 2.05) is 76.3 Å². The number of nitrogens with zero attached hydrogens (tertiary/aromatic N) is 3. The van der Waals surface area contributed by atoms with Crippen LogP contribution in [0.5, 0.6) is 5.75 Å². The molecule has 1 spiro atoms. The van der Waals surface area contributed by atoms with Crippen LogP contribution in [0.4, 0.5) is 10.5 Å². The van der Waals surface area contributed by atoms with Crippen molar-refractivity contribution >= 4 is 52.7 Å². The Morgan fingerprint density at radius 3 is 2.46 bits per heavy atom. The number of rotatable bonds is 8. The summed E-state index contributed by atoms with van der Waals surface area (Å²) in [5, 5.41) is 1.30. The molecule has 2 heterocycles. The number of benzene rings is 2. The number of pyridine rings is 1. The van der Waals surface area contributed by atoms with Gasteiger partial charge in [0.1, 0.15) is 17.2 Å². The molecule has 0 unspecified atom stereocenters. The van der Waals surface area contributed by atoms with Gasteiger partial charge in [-0.2, -0.15) is 0 Å². The van der Waals surface area contributed by atoms with Gasteiger partial charge in [0, 0.05) is 37.1 Å². The van der Waals surface area contributed by atoms with Gasteiger partial charge >= 0.3 is 12.1 Å². The summed E-state index contributed by atoms with van der Waals surface area (Å²) in [6, 6.07) is 17.2. The van der Waals surface area contributed by atoms with Crippen LogP contribution in [0, 0.1) is 5.41 Å². The minimum Gasteiger partial charge on any atom is -0.486 e. The first-order valence-electron chi connectivity index (χ1n) is 15.5. The summed E-state index contributed by atoms with van der Waals surface area (Å²) in [5.41, 5.74) is 1.29. The number of anilines is 1. The van der Waals surface area contributed by atoms with Gasteiger partial charge in [-0.25, -0.2) is 14.6 Å². The highest BCUT2D eigenvalue weighted by atomic mass is 35.5. The van der Waals surface area contributed by atoms with Gasteiger partial charge in [0.05, 0.1) is 22.8 Å². The largest absolute Gasteiger partial charge is 0.486 e. The van der Waals surface area contributed by atoms with E-state index in [1.54, 1.807) is 11.0 Å². The predicted molar refractivity (Wildman–Crippen MR) is 182 cm³/mol. The second-order valence-corrected chi connectivity index (χ2v) is 14.7. The topological polar surface area (TPSA) is 81.2 Å². The molecule has 11 heteroatoms. The van der Waals surface area contributed by atoms with Crippen LogP contribution >= 0.6 is 35.0 Å². The molecule has 0 N–H and O–H groups in total. The van der Waals surface area contributed by atoms with Crippen molar-refractivity contribution in [2.75, 3.05) is 32.1 Å². The van der Waals surface area contributed by atoms with Crippen LogP contribution in [-0.2, 0) is 16.1 Å². The van der Waals surface area contributed by atoms with Crippen LogP contribution < -0.4 is 9.64 Å². The monoisotopic (exact) mass is 685 g/mol. The van der Waals surface area contributed by atoms with Crippen molar-refractivity contribution in [2.24, 2.45) is 5.41 Å². The van der Waals surface area contributed by atoms with Crippen molar-refractivity contribution in [1.82, 2.24) is 9.88 Å². The third-order valence-corrected chi connectivity index (χ3v) is 10.8. The highest BCUT2D eigenvalue weighted by Crippen LogP contribution is 2.50. The van der Waals surface area contributed by atoms with Gasteiger partial charge in [-0.15, -0.1) is 0 Å². The quantitative estimate of drug-likeness (QED) is 0.218. The summed E-state index contributed by atoms with van der Waals surface area (Å²) in [6.45, 7) is 7.36. The van der Waals surface area contributed by atoms with E-state index < -0.39 is 11.6 Å². The third-order valence-electron chi connectivity index (χ3n) is 8.78. The molecule has 1 saturated carbocycles. The number of hydrogen-bond donors (Lipinski definition) is 0. The van der Waals surface area contributed by atoms with E-state index in [4.69, 9.17) is 42.4 Å². The molecule has 1 aromatic heterocycles. The second-order valence-electron chi connectivity index (χ2n) is 12.9. The van der Waals surface area contributed by atoms with Crippen LogP contribution in [0.3, 0.4) is 0 Å². The Bertz CT molecular complexity index is 1560. The average Bonchev–Trinajstić information content (AvgIpc) is 3.44. The van der Waals surface area contributed by atoms with Gasteiger partial charge in [0.25, 0.3) is 0 Å². The first-order valence-corrected chi connectivity index (χ1v) is 17.1. The minimum absolute atomic E-state index is 0.0211. The van der Waals surface area contributed by atoms with E-state index in [-0.39, 0.29) is 23.2 Å². The molecule has 2 aliphatic rings. The van der Waals surface area contributed by atoms with Crippen molar-refractivity contribution in [3.8, 4) is 5.75 Å². The van der Waals surface area contributed by atoms with Crippen LogP contribution in [0.25, 0.3) is 0 Å². The smallest absolute Gasteiger partial charge is 0.410 e. The van der Waals surface area contributed by atoms with Crippen molar-refractivity contribution < 1.29 is 23.8 Å². The molecular weight excluding hydrogens is 645 g/mol. The van der Waals surface area contributed by atoms with Gasteiger partial charge < -0.3 is 24.0 Å². The summed E-state index contributed by atoms with van der Waals surface area (Å²) in [6.07, 6.45) is 4.48. The van der Waals surface area contributed by atoms with E-state index in [1.165, 1.54) is 18.9 Å². The molecule has 246 valence electrons. The molecule has 0 radical (unpaired) electrons. The van der Waals surface area contributed by atoms with Crippen LogP contribution in [0.2, 0.25) is 10.0 Å². The molecule has 1 amide bonds. The molecule has 1 aliphatic carbocycles. The molecule has 0 bridgehead atoms. The maximum Gasteiger partial charge on any atom is 0.410 e. The lowest BCUT2D eigenvalue weighted by molar-refractivity contribution is 0.00485. The second kappa shape index (κ2) is 14.3. The van der Waals surface area contributed by atoms with E-state index in [0.717, 1.165) is 37.7 Å². The lowest BCUT2D eigenvalue weighted by atomic mass is 9.73. The molecule has 1 saturated heterocycles. The van der Waals surface area contributed by atoms with Crippen LogP contribution in [-0.4, -0.2) is 60.8 Å². The number of piperidine rings is 1. The number of halogens is 2. The van der Waals surface area contributed by atoms with Crippen molar-refractivity contribution in [3.63, 3.8) is 0 Å². The predicted octanol–water partition coefficient (Wildman–Crippen LogP) is 8.91. The van der Waals surface area contributed by atoms with Gasteiger partial charge in [-0.05, 0) is 69.6 Å². The van der Waals surface area contributed by atoms with Gasteiger partial charge in [-0.1, -0.05) is 77.8 Å². The molecule has 1 atom stereocenters. The normalized spacial score (nSPS) is 17.5. The zero-order valence-electron chi connectivity index (χ0n) is 27.0. The fraction of sp³-hybridized carbons (Fsp3) is 0.457. The Balaban J connectivity index is 1.45. The molecule has 2 aromatic carbocycles. The number of esters is 1.